The number of hydrogen-bond acceptors (Lipinski definition) is 6. The van der Waals surface area contributed by atoms with Gasteiger partial charge in [-0.05, 0) is 186 Å². The van der Waals surface area contributed by atoms with Crippen LogP contribution in [0.25, 0.3) is 71.9 Å². The van der Waals surface area contributed by atoms with Crippen LogP contribution in [0.2, 0.25) is 0 Å². The molecule has 0 atom stereocenters. The van der Waals surface area contributed by atoms with Crippen molar-refractivity contribution in [2.45, 2.75) is 0 Å². The third-order valence-electron chi connectivity index (χ3n) is 15.0. The summed E-state index contributed by atoms with van der Waals surface area (Å²) >= 11 is 1.19. The van der Waals surface area contributed by atoms with Crippen LogP contribution < -0.4 is 14.7 Å². The van der Waals surface area contributed by atoms with E-state index in [0.29, 0.717) is 10.8 Å². The number of halogens is 2. The molecule has 0 radical (unpaired) electrons. The zero-order chi connectivity index (χ0) is 54.2. The van der Waals surface area contributed by atoms with Gasteiger partial charge in [-0.3, -0.25) is 0 Å². The number of anilines is 9. The van der Waals surface area contributed by atoms with Gasteiger partial charge in [-0.25, -0.2) is 8.78 Å². The number of nitrogens with zero attached hydrogens (tertiary/aromatic N) is 6. The number of hydrogen-bond donors (Lipinski definition) is 0. The van der Waals surface area contributed by atoms with Crippen molar-refractivity contribution in [2.75, 3.05) is 14.7 Å². The van der Waals surface area contributed by atoms with Crippen LogP contribution in [0.5, 0.6) is 0 Å². The molecule has 0 aliphatic heterocycles. The van der Waals surface area contributed by atoms with Gasteiger partial charge < -0.3 is 19.3 Å². The topological polar surface area (TPSA) is 40.4 Å². The van der Waals surface area contributed by atoms with Gasteiger partial charge in [-0.1, -0.05) is 133 Å². The molecule has 0 saturated heterocycles. The van der Waals surface area contributed by atoms with Crippen molar-refractivity contribution >= 4 is 95.8 Å². The van der Waals surface area contributed by atoms with E-state index in [1.807, 2.05) is 41.0 Å². The Hall–Kier alpha value is -10.5. The van der Waals surface area contributed by atoms with Crippen LogP contribution in [0.15, 0.2) is 291 Å². The number of para-hydroxylation sites is 4. The van der Waals surface area contributed by atoms with E-state index < -0.39 is 0 Å². The Balaban J connectivity index is 0.830. The Bertz CT molecular complexity index is 4380. The molecular formula is C72H48F2N6S. The van der Waals surface area contributed by atoms with Gasteiger partial charge in [0.05, 0.1) is 28.4 Å². The normalized spacial score (nSPS) is 11.3. The first kappa shape index (κ1) is 48.9. The van der Waals surface area contributed by atoms with E-state index in [0.717, 1.165) is 112 Å². The molecule has 9 heteroatoms. The molecule has 0 fully saturated rings. The summed E-state index contributed by atoms with van der Waals surface area (Å²) in [5, 5.41) is 1.31. The molecule has 0 unspecified atom stereocenters. The fourth-order valence-corrected chi connectivity index (χ4v) is 11.7. The summed E-state index contributed by atoms with van der Waals surface area (Å²) in [5.74, 6) is -0.738. The van der Waals surface area contributed by atoms with Crippen molar-refractivity contribution in [3.63, 3.8) is 0 Å². The van der Waals surface area contributed by atoms with Gasteiger partial charge in [-0.2, -0.15) is 8.75 Å². The summed E-state index contributed by atoms with van der Waals surface area (Å²) in [6.07, 6.45) is 0. The van der Waals surface area contributed by atoms with Crippen LogP contribution in [0.3, 0.4) is 0 Å². The number of aromatic nitrogens is 3. The highest BCUT2D eigenvalue weighted by molar-refractivity contribution is 7.00. The first-order valence-electron chi connectivity index (χ1n) is 26.8. The lowest BCUT2D eigenvalue weighted by Crippen LogP contribution is -2.11. The zero-order valence-electron chi connectivity index (χ0n) is 43.6. The third kappa shape index (κ3) is 9.31. The zero-order valence-corrected chi connectivity index (χ0v) is 44.4. The molecule has 0 amide bonds. The first-order valence-corrected chi connectivity index (χ1v) is 27.5. The SMILES string of the molecule is Fc1ccc2c(c1)c1cc(F)ccc1n2-c1ccc(-c2ccc(N(c3ccc(-c4ccc(N(c5ccccc5)c5ccccc5)cc4)cc3)c3ccc(-c4cccc(N(c5ccccc5)c5ccccc5)c4)cc3)c3nsnc23)cc1. The highest BCUT2D eigenvalue weighted by Crippen LogP contribution is 2.44. The Morgan fingerprint density at radius 3 is 1.17 bits per heavy atom. The van der Waals surface area contributed by atoms with Gasteiger partial charge in [0.2, 0.25) is 0 Å². The van der Waals surface area contributed by atoms with Gasteiger partial charge in [0.1, 0.15) is 22.7 Å². The monoisotopic (exact) mass is 1070 g/mol. The highest BCUT2D eigenvalue weighted by Gasteiger charge is 2.22. The third-order valence-corrected chi connectivity index (χ3v) is 15.5. The fraction of sp³-hybridized carbons (Fsp3) is 0. The largest absolute Gasteiger partial charge is 0.311 e. The molecule has 0 aliphatic rings. The second kappa shape index (κ2) is 21.1. The van der Waals surface area contributed by atoms with Gasteiger partial charge >= 0.3 is 0 Å². The Morgan fingerprint density at radius 2 is 0.691 bits per heavy atom. The molecule has 6 nitrogen and oxygen atoms in total. The van der Waals surface area contributed by atoms with E-state index in [2.05, 4.69) is 233 Å². The predicted molar refractivity (Wildman–Crippen MR) is 332 cm³/mol. The molecule has 0 spiro atoms. The predicted octanol–water partition coefficient (Wildman–Crippen LogP) is 20.5. The molecule has 0 bridgehead atoms. The van der Waals surface area contributed by atoms with Crippen molar-refractivity contribution in [1.29, 1.82) is 0 Å². The van der Waals surface area contributed by atoms with Gasteiger partial charge in [0.15, 0.2) is 0 Å². The Morgan fingerprint density at radius 1 is 0.296 bits per heavy atom. The number of fused-ring (bicyclic) bond motifs is 4. The summed E-state index contributed by atoms with van der Waals surface area (Å²) < 4.78 is 41.1. The average molecular weight is 1070 g/mol. The van der Waals surface area contributed by atoms with Gasteiger partial charge in [0, 0.05) is 67.5 Å². The summed E-state index contributed by atoms with van der Waals surface area (Å²) in [6.45, 7) is 0. The smallest absolute Gasteiger partial charge is 0.129 e. The van der Waals surface area contributed by atoms with E-state index in [-0.39, 0.29) is 11.6 Å². The maximum atomic E-state index is 14.6. The molecule has 12 aromatic carbocycles. The highest BCUT2D eigenvalue weighted by atomic mass is 32.1. The lowest BCUT2D eigenvalue weighted by atomic mass is 10.0. The summed E-state index contributed by atoms with van der Waals surface area (Å²) in [4.78, 5) is 6.82. The summed E-state index contributed by atoms with van der Waals surface area (Å²) in [5.41, 5.74) is 19.5. The maximum Gasteiger partial charge on any atom is 0.129 e. The van der Waals surface area contributed by atoms with Crippen molar-refractivity contribution in [3.8, 4) is 39.1 Å². The molecule has 14 aromatic rings. The molecule has 14 rings (SSSR count). The van der Waals surface area contributed by atoms with E-state index in [9.17, 15) is 8.78 Å². The first-order chi connectivity index (χ1) is 40.0. The Kier molecular flexibility index (Phi) is 12.7. The van der Waals surface area contributed by atoms with E-state index >= 15 is 0 Å². The van der Waals surface area contributed by atoms with Crippen LogP contribution in [0.1, 0.15) is 0 Å². The van der Waals surface area contributed by atoms with Gasteiger partial charge in [0.25, 0.3) is 0 Å². The quantitative estimate of drug-likeness (QED) is 0.115. The molecule has 0 saturated carbocycles. The molecule has 0 N–H and O–H groups in total. The molecule has 2 heterocycles. The minimum Gasteiger partial charge on any atom is -0.311 e. The molecule has 0 aliphatic carbocycles. The summed E-state index contributed by atoms with van der Waals surface area (Å²) in [7, 11) is 0. The second-order valence-electron chi connectivity index (χ2n) is 19.8. The van der Waals surface area contributed by atoms with Crippen LogP contribution >= 0.6 is 11.7 Å². The van der Waals surface area contributed by atoms with Crippen LogP contribution in [-0.4, -0.2) is 13.3 Å². The fourth-order valence-electron chi connectivity index (χ4n) is 11.2. The number of benzene rings is 12. The van der Waals surface area contributed by atoms with Crippen LogP contribution in [-0.2, 0) is 0 Å². The molecule has 386 valence electrons. The standard InChI is InChI=1S/C72H48F2N6S/c73-54-32-43-68-66(47-54)67-48-55(74)33-44-69(67)80(68)63-40-30-52(31-41-63)65-42-45-70(72-71(65)75-81-76-72)79(61-36-26-50(27-37-61)49-24-34-60(35-25-49)77(56-15-5-1-6-16-56)57-17-7-2-8-18-57)62-38-28-51(29-39-62)53-14-13-23-64(46-53)78(58-19-9-3-10-20-58)59-21-11-4-12-22-59/h1-48H. The molecular weight excluding hydrogens is 1020 g/mol. The van der Waals surface area contributed by atoms with E-state index in [1.54, 1.807) is 12.1 Å². The van der Waals surface area contributed by atoms with Crippen LogP contribution in [0, 0.1) is 11.6 Å². The average Bonchev–Trinajstić information content (AvgIpc) is 4.04. The van der Waals surface area contributed by atoms with Crippen molar-refractivity contribution < 1.29 is 8.78 Å². The minimum absolute atomic E-state index is 0.369. The minimum atomic E-state index is -0.369. The molecule has 81 heavy (non-hydrogen) atoms. The van der Waals surface area contributed by atoms with Crippen LogP contribution in [0.4, 0.5) is 60.0 Å². The van der Waals surface area contributed by atoms with Gasteiger partial charge in [-0.15, -0.1) is 0 Å². The Labute approximate surface area is 471 Å². The summed E-state index contributed by atoms with van der Waals surface area (Å²) in [6, 6.07) is 98.6. The lowest BCUT2D eigenvalue weighted by Gasteiger charge is -2.27. The maximum absolute atomic E-state index is 14.6. The second-order valence-corrected chi connectivity index (χ2v) is 20.4. The van der Waals surface area contributed by atoms with Crippen molar-refractivity contribution in [1.82, 2.24) is 13.3 Å². The van der Waals surface area contributed by atoms with Crippen molar-refractivity contribution in [3.05, 3.63) is 303 Å². The lowest BCUT2D eigenvalue weighted by molar-refractivity contribution is 0.628. The van der Waals surface area contributed by atoms with E-state index in [4.69, 9.17) is 8.75 Å². The van der Waals surface area contributed by atoms with Crippen molar-refractivity contribution in [2.24, 2.45) is 0 Å². The molecule has 2 aromatic heterocycles. The van der Waals surface area contributed by atoms with E-state index in [1.165, 1.54) is 36.0 Å². The number of rotatable bonds is 13.